The lowest BCUT2D eigenvalue weighted by molar-refractivity contribution is 0.423. The second-order valence-electron chi connectivity index (χ2n) is 9.65. The van der Waals surface area contributed by atoms with Gasteiger partial charge in [0.2, 0.25) is 0 Å². The predicted molar refractivity (Wildman–Crippen MR) is 141 cm³/mol. The molecule has 0 aromatic heterocycles. The van der Waals surface area contributed by atoms with Crippen molar-refractivity contribution in [1.29, 1.82) is 0 Å². The van der Waals surface area contributed by atoms with Gasteiger partial charge in [0, 0.05) is 5.92 Å². The maximum absolute atomic E-state index is 6.75. The molecule has 0 N–H and O–H groups in total. The molecule has 0 amide bonds. The zero-order chi connectivity index (χ0) is 23.0. The van der Waals surface area contributed by atoms with Crippen molar-refractivity contribution in [3.63, 3.8) is 0 Å². The van der Waals surface area contributed by atoms with Gasteiger partial charge in [-0.25, -0.2) is 0 Å². The van der Waals surface area contributed by atoms with Crippen molar-refractivity contribution >= 4 is 0 Å². The van der Waals surface area contributed by atoms with E-state index in [-0.39, 0.29) is 0 Å². The number of benzene rings is 1. The molecular formula is C32H38O. The summed E-state index contributed by atoms with van der Waals surface area (Å²) < 4.78 is 6.75. The SMILES string of the molecule is C=CCCC/C=C1/CCc2ccc(C)cc2OC2=CCC[C@H]3C=CC=CC3=C2CCC(=C)C1. The van der Waals surface area contributed by atoms with E-state index in [4.69, 9.17) is 4.74 Å². The third-order valence-corrected chi connectivity index (χ3v) is 6.99. The number of rotatable bonds is 4. The molecule has 1 aromatic rings. The third kappa shape index (κ3) is 6.16. The van der Waals surface area contributed by atoms with Crippen molar-refractivity contribution < 1.29 is 4.74 Å². The Bertz CT molecular complexity index is 1040. The van der Waals surface area contributed by atoms with Crippen LogP contribution in [0.4, 0.5) is 0 Å². The summed E-state index contributed by atoms with van der Waals surface area (Å²) in [6, 6.07) is 6.69. The molecule has 0 unspecified atom stereocenters. The highest BCUT2D eigenvalue weighted by Crippen LogP contribution is 2.38. The van der Waals surface area contributed by atoms with Crippen LogP contribution in [0.15, 0.2) is 102 Å². The van der Waals surface area contributed by atoms with Gasteiger partial charge in [-0.3, -0.25) is 0 Å². The quantitative estimate of drug-likeness (QED) is 0.336. The summed E-state index contributed by atoms with van der Waals surface area (Å²) in [5, 5.41) is 0. The molecule has 1 aliphatic heterocycles. The molecule has 0 fully saturated rings. The van der Waals surface area contributed by atoms with E-state index in [1.807, 2.05) is 6.08 Å². The smallest absolute Gasteiger partial charge is 0.130 e. The number of hydrogen-bond donors (Lipinski definition) is 0. The molecule has 0 radical (unpaired) electrons. The van der Waals surface area contributed by atoms with Crippen LogP contribution in [0, 0.1) is 12.8 Å². The summed E-state index contributed by atoms with van der Waals surface area (Å²) in [6.07, 6.45) is 26.5. The van der Waals surface area contributed by atoms with Crippen molar-refractivity contribution in [2.45, 2.75) is 71.1 Å². The van der Waals surface area contributed by atoms with Crippen molar-refractivity contribution in [3.8, 4) is 5.75 Å². The number of unbranched alkanes of at least 4 members (excludes halogenated alkanes) is 2. The fraction of sp³-hybridized carbons (Fsp3) is 0.375. The molecule has 1 atom stereocenters. The highest BCUT2D eigenvalue weighted by atomic mass is 16.5. The van der Waals surface area contributed by atoms with E-state index in [2.05, 4.69) is 74.7 Å². The molecule has 0 bridgehead atoms. The first-order chi connectivity index (χ1) is 16.1. The molecule has 0 saturated heterocycles. The fourth-order valence-electron chi connectivity index (χ4n) is 5.11. The van der Waals surface area contributed by atoms with Crippen LogP contribution in [0.3, 0.4) is 0 Å². The highest BCUT2D eigenvalue weighted by molar-refractivity contribution is 5.48. The van der Waals surface area contributed by atoms with E-state index < -0.39 is 0 Å². The lowest BCUT2D eigenvalue weighted by Gasteiger charge is -2.23. The zero-order valence-corrected chi connectivity index (χ0v) is 20.2. The minimum atomic E-state index is 0.487. The minimum Gasteiger partial charge on any atom is -0.457 e. The number of fused-ring (bicyclic) bond motifs is 3. The summed E-state index contributed by atoms with van der Waals surface area (Å²) in [5.41, 5.74) is 8.19. The van der Waals surface area contributed by atoms with Crippen molar-refractivity contribution in [2.75, 3.05) is 0 Å². The van der Waals surface area contributed by atoms with Crippen molar-refractivity contribution in [3.05, 3.63) is 113 Å². The Balaban J connectivity index is 1.70. The van der Waals surface area contributed by atoms with Gasteiger partial charge in [0.15, 0.2) is 0 Å². The minimum absolute atomic E-state index is 0.487. The van der Waals surface area contributed by atoms with Gasteiger partial charge in [-0.05, 0) is 106 Å². The average Bonchev–Trinajstić information content (AvgIpc) is 2.98. The zero-order valence-electron chi connectivity index (χ0n) is 20.2. The number of hydrogen-bond acceptors (Lipinski definition) is 1. The Morgan fingerprint density at radius 3 is 2.88 bits per heavy atom. The van der Waals surface area contributed by atoms with Gasteiger partial charge in [0.1, 0.15) is 11.5 Å². The summed E-state index contributed by atoms with van der Waals surface area (Å²) in [4.78, 5) is 0. The molecule has 4 rings (SSSR count). The molecule has 3 aliphatic rings. The molecule has 172 valence electrons. The van der Waals surface area contributed by atoms with Gasteiger partial charge < -0.3 is 4.74 Å². The fourth-order valence-corrected chi connectivity index (χ4v) is 5.11. The van der Waals surface area contributed by atoms with Crippen LogP contribution in [0.2, 0.25) is 0 Å². The monoisotopic (exact) mass is 438 g/mol. The molecule has 1 heterocycles. The van der Waals surface area contributed by atoms with Crippen LogP contribution in [0.25, 0.3) is 0 Å². The predicted octanol–water partition coefficient (Wildman–Crippen LogP) is 9.05. The standard InChI is InChI=1S/C32H38O/c1-4-5-6-7-11-26-18-20-28-19-16-25(3)23-32(28)33-31-15-10-13-27-12-8-9-14-29(27)30(31)21-17-24(2)22-26/h4,8-9,11-12,14-16,19,23,27H,1-2,5-7,10,13,17-18,20-22H2,3H3/b26-11-/t27-/m1/s1. The van der Waals surface area contributed by atoms with Crippen molar-refractivity contribution in [1.82, 2.24) is 0 Å². The molecule has 0 saturated carbocycles. The average molecular weight is 439 g/mol. The van der Waals surface area contributed by atoms with E-state index in [0.29, 0.717) is 5.92 Å². The number of ether oxygens (including phenoxy) is 1. The Hall–Kier alpha value is -2.80. The highest BCUT2D eigenvalue weighted by Gasteiger charge is 2.24. The van der Waals surface area contributed by atoms with Crippen LogP contribution in [-0.2, 0) is 6.42 Å². The molecule has 0 spiro atoms. The first kappa shape index (κ1) is 23.4. The first-order valence-electron chi connectivity index (χ1n) is 12.7. The Labute approximate surface area is 200 Å². The Morgan fingerprint density at radius 2 is 2.00 bits per heavy atom. The largest absolute Gasteiger partial charge is 0.457 e. The molecule has 33 heavy (non-hydrogen) atoms. The number of aryl methyl sites for hydroxylation is 2. The Morgan fingerprint density at radius 1 is 1.09 bits per heavy atom. The molecule has 1 heteroatoms. The van der Waals surface area contributed by atoms with Gasteiger partial charge in [0.25, 0.3) is 0 Å². The Kier molecular flexibility index (Phi) is 8.05. The van der Waals surface area contributed by atoms with Gasteiger partial charge in [0.05, 0.1) is 0 Å². The van der Waals surface area contributed by atoms with E-state index in [1.165, 1.54) is 39.8 Å². The van der Waals surface area contributed by atoms with Crippen LogP contribution in [-0.4, -0.2) is 0 Å². The second-order valence-corrected chi connectivity index (χ2v) is 9.65. The second kappa shape index (κ2) is 11.4. The number of allylic oxidation sites excluding steroid dienone is 11. The van der Waals surface area contributed by atoms with Gasteiger partial charge in [-0.15, -0.1) is 6.58 Å². The van der Waals surface area contributed by atoms with Gasteiger partial charge >= 0.3 is 0 Å². The van der Waals surface area contributed by atoms with Crippen LogP contribution >= 0.6 is 0 Å². The summed E-state index contributed by atoms with van der Waals surface area (Å²) >= 11 is 0. The molecule has 1 nitrogen and oxygen atoms in total. The normalized spacial score (nSPS) is 22.2. The van der Waals surface area contributed by atoms with Crippen LogP contribution in [0.5, 0.6) is 5.75 Å². The lowest BCUT2D eigenvalue weighted by Crippen LogP contribution is -2.09. The summed E-state index contributed by atoms with van der Waals surface area (Å²) in [7, 11) is 0. The summed E-state index contributed by atoms with van der Waals surface area (Å²) in [5.74, 6) is 2.58. The third-order valence-electron chi connectivity index (χ3n) is 6.99. The van der Waals surface area contributed by atoms with Crippen LogP contribution < -0.4 is 4.74 Å². The van der Waals surface area contributed by atoms with Crippen molar-refractivity contribution in [2.24, 2.45) is 5.92 Å². The van der Waals surface area contributed by atoms with E-state index in [1.54, 1.807) is 0 Å². The van der Waals surface area contributed by atoms with Gasteiger partial charge in [-0.2, -0.15) is 0 Å². The lowest BCUT2D eigenvalue weighted by atomic mass is 9.86. The van der Waals surface area contributed by atoms with Crippen LogP contribution in [0.1, 0.15) is 68.9 Å². The van der Waals surface area contributed by atoms with Gasteiger partial charge in [-0.1, -0.05) is 66.3 Å². The molecule has 1 aromatic carbocycles. The maximum Gasteiger partial charge on any atom is 0.130 e. The first-order valence-corrected chi connectivity index (χ1v) is 12.7. The maximum atomic E-state index is 6.75. The van der Waals surface area contributed by atoms with E-state index in [0.717, 1.165) is 69.3 Å². The van der Waals surface area contributed by atoms with E-state index >= 15 is 0 Å². The van der Waals surface area contributed by atoms with E-state index in [9.17, 15) is 0 Å². The topological polar surface area (TPSA) is 9.23 Å². The molecule has 2 aliphatic carbocycles. The molecular weight excluding hydrogens is 400 g/mol. The summed E-state index contributed by atoms with van der Waals surface area (Å²) in [6.45, 7) is 10.5.